The van der Waals surface area contributed by atoms with Crippen LogP contribution in [-0.4, -0.2) is 15.6 Å². The number of allylic oxidation sites excluding steroid dienone is 1. The van der Waals surface area contributed by atoms with E-state index in [-0.39, 0.29) is 0 Å². The summed E-state index contributed by atoms with van der Waals surface area (Å²) in [5, 5.41) is 9.30. The third-order valence-corrected chi connectivity index (χ3v) is 3.00. The molecule has 3 nitrogen and oxygen atoms in total. The van der Waals surface area contributed by atoms with Crippen LogP contribution in [0.15, 0.2) is 31.0 Å². The summed E-state index contributed by atoms with van der Waals surface area (Å²) < 4.78 is 2.01. The van der Waals surface area contributed by atoms with E-state index in [0.29, 0.717) is 12.8 Å². The molecule has 1 N–H and O–H groups in total. The Morgan fingerprint density at radius 2 is 2.57 bits per heavy atom. The molecule has 2 rings (SSSR count). The molecule has 0 saturated carbocycles. The smallest absolute Gasteiger partial charge is 0.316 e. The number of fused-ring (bicyclic) bond motifs is 1. The van der Waals surface area contributed by atoms with Gasteiger partial charge in [-0.05, 0) is 25.0 Å². The predicted molar refractivity (Wildman–Crippen MR) is 53.2 cm³/mol. The highest BCUT2D eigenvalue weighted by Gasteiger charge is 2.44. The SMILES string of the molecule is C=CCC1(C(=O)O)CCn2cccc21. The number of carboxylic acid groups (broad SMARTS) is 1. The average molecular weight is 191 g/mol. The van der Waals surface area contributed by atoms with E-state index in [1.807, 2.05) is 22.9 Å². The lowest BCUT2D eigenvalue weighted by atomic mass is 9.80. The highest BCUT2D eigenvalue weighted by molar-refractivity contribution is 5.81. The lowest BCUT2D eigenvalue weighted by Gasteiger charge is -2.21. The van der Waals surface area contributed by atoms with E-state index in [1.54, 1.807) is 6.08 Å². The van der Waals surface area contributed by atoms with Crippen LogP contribution in [0.3, 0.4) is 0 Å². The Hall–Kier alpha value is -1.51. The summed E-state index contributed by atoms with van der Waals surface area (Å²) in [6.07, 6.45) is 4.80. The molecule has 0 radical (unpaired) electrons. The van der Waals surface area contributed by atoms with Crippen molar-refractivity contribution in [2.24, 2.45) is 0 Å². The summed E-state index contributed by atoms with van der Waals surface area (Å²) in [5.41, 5.74) is 0.176. The monoisotopic (exact) mass is 191 g/mol. The first-order valence-corrected chi connectivity index (χ1v) is 4.70. The van der Waals surface area contributed by atoms with E-state index in [2.05, 4.69) is 6.58 Å². The van der Waals surface area contributed by atoms with Crippen LogP contribution in [0.5, 0.6) is 0 Å². The van der Waals surface area contributed by atoms with E-state index in [0.717, 1.165) is 12.2 Å². The second-order valence-corrected chi connectivity index (χ2v) is 3.72. The Morgan fingerprint density at radius 3 is 3.21 bits per heavy atom. The minimum absolute atomic E-state index is 0.506. The molecule has 1 atom stereocenters. The minimum Gasteiger partial charge on any atom is -0.481 e. The van der Waals surface area contributed by atoms with Crippen molar-refractivity contribution < 1.29 is 9.90 Å². The fourth-order valence-electron chi connectivity index (χ4n) is 2.24. The molecule has 0 saturated heterocycles. The van der Waals surface area contributed by atoms with Gasteiger partial charge in [0.2, 0.25) is 0 Å². The van der Waals surface area contributed by atoms with Crippen LogP contribution in [0.25, 0.3) is 0 Å². The number of hydrogen-bond acceptors (Lipinski definition) is 1. The molecule has 0 aromatic carbocycles. The van der Waals surface area contributed by atoms with Gasteiger partial charge in [0, 0.05) is 18.4 Å². The third-order valence-electron chi connectivity index (χ3n) is 3.00. The van der Waals surface area contributed by atoms with Gasteiger partial charge in [-0.15, -0.1) is 6.58 Å². The zero-order chi connectivity index (χ0) is 10.2. The zero-order valence-electron chi connectivity index (χ0n) is 7.94. The first-order chi connectivity index (χ1) is 6.70. The molecular formula is C11H13NO2. The van der Waals surface area contributed by atoms with Gasteiger partial charge in [-0.2, -0.15) is 0 Å². The number of nitrogens with zero attached hydrogens (tertiary/aromatic N) is 1. The Kier molecular flexibility index (Phi) is 1.95. The third kappa shape index (κ3) is 1.02. The van der Waals surface area contributed by atoms with Gasteiger partial charge in [0.05, 0.1) is 0 Å². The fourth-order valence-corrected chi connectivity index (χ4v) is 2.24. The topological polar surface area (TPSA) is 42.2 Å². The predicted octanol–water partition coefficient (Wildman–Crippen LogP) is 1.79. The van der Waals surface area contributed by atoms with E-state index < -0.39 is 11.4 Å². The molecule has 0 bridgehead atoms. The molecule has 3 heteroatoms. The lowest BCUT2D eigenvalue weighted by molar-refractivity contribution is -0.143. The van der Waals surface area contributed by atoms with Crippen LogP contribution in [-0.2, 0) is 16.8 Å². The summed E-state index contributed by atoms with van der Waals surface area (Å²) in [5.74, 6) is -0.741. The number of rotatable bonds is 3. The van der Waals surface area contributed by atoms with Crippen molar-refractivity contribution in [3.63, 3.8) is 0 Å². The van der Waals surface area contributed by atoms with E-state index in [9.17, 15) is 9.90 Å². The standard InChI is InChI=1S/C11H13NO2/c1-2-5-11(10(13)14)6-8-12-7-3-4-9(11)12/h2-4,7H,1,5-6,8H2,(H,13,14). The van der Waals surface area contributed by atoms with Crippen molar-refractivity contribution in [1.82, 2.24) is 4.57 Å². The van der Waals surface area contributed by atoms with Gasteiger partial charge in [-0.3, -0.25) is 4.79 Å². The van der Waals surface area contributed by atoms with Crippen molar-refractivity contribution >= 4 is 5.97 Å². The molecule has 74 valence electrons. The maximum absolute atomic E-state index is 11.3. The van der Waals surface area contributed by atoms with Crippen LogP contribution in [0.2, 0.25) is 0 Å². The van der Waals surface area contributed by atoms with E-state index in [4.69, 9.17) is 0 Å². The molecule has 1 aliphatic rings. The number of aryl methyl sites for hydroxylation is 1. The van der Waals surface area contributed by atoms with Crippen LogP contribution in [0.4, 0.5) is 0 Å². The molecule has 14 heavy (non-hydrogen) atoms. The van der Waals surface area contributed by atoms with Crippen molar-refractivity contribution in [1.29, 1.82) is 0 Å². The largest absolute Gasteiger partial charge is 0.481 e. The van der Waals surface area contributed by atoms with Gasteiger partial charge in [-0.25, -0.2) is 0 Å². The summed E-state index contributed by atoms with van der Waals surface area (Å²) in [6.45, 7) is 4.43. The summed E-state index contributed by atoms with van der Waals surface area (Å²) in [6, 6.07) is 3.79. The number of aliphatic carboxylic acids is 1. The number of carbonyl (C=O) groups is 1. The van der Waals surface area contributed by atoms with Crippen molar-refractivity contribution in [2.75, 3.05) is 0 Å². The zero-order valence-corrected chi connectivity index (χ0v) is 7.94. The molecule has 1 aromatic heterocycles. The van der Waals surface area contributed by atoms with Gasteiger partial charge in [0.25, 0.3) is 0 Å². The van der Waals surface area contributed by atoms with E-state index in [1.165, 1.54) is 0 Å². The number of hydrogen-bond donors (Lipinski definition) is 1. The van der Waals surface area contributed by atoms with Crippen LogP contribution in [0.1, 0.15) is 18.5 Å². The van der Waals surface area contributed by atoms with Crippen LogP contribution < -0.4 is 0 Å². The molecule has 1 aliphatic heterocycles. The second-order valence-electron chi connectivity index (χ2n) is 3.72. The highest BCUT2D eigenvalue weighted by Crippen LogP contribution is 2.38. The van der Waals surface area contributed by atoms with Crippen LogP contribution in [0, 0.1) is 0 Å². The summed E-state index contributed by atoms with van der Waals surface area (Å²) >= 11 is 0. The molecule has 0 spiro atoms. The van der Waals surface area contributed by atoms with E-state index >= 15 is 0 Å². The Morgan fingerprint density at radius 1 is 1.79 bits per heavy atom. The molecular weight excluding hydrogens is 178 g/mol. The normalized spacial score (nSPS) is 24.6. The van der Waals surface area contributed by atoms with Gasteiger partial charge < -0.3 is 9.67 Å². The first-order valence-electron chi connectivity index (χ1n) is 4.70. The molecule has 1 unspecified atom stereocenters. The average Bonchev–Trinajstić information content (AvgIpc) is 2.68. The summed E-state index contributed by atoms with van der Waals surface area (Å²) in [4.78, 5) is 11.3. The van der Waals surface area contributed by atoms with Gasteiger partial charge in [0.15, 0.2) is 0 Å². The molecule has 2 heterocycles. The Balaban J connectivity index is 2.49. The minimum atomic E-state index is -0.741. The molecule has 1 aromatic rings. The van der Waals surface area contributed by atoms with Crippen molar-refractivity contribution in [2.45, 2.75) is 24.8 Å². The summed E-state index contributed by atoms with van der Waals surface area (Å²) in [7, 11) is 0. The van der Waals surface area contributed by atoms with Gasteiger partial charge in [-0.1, -0.05) is 6.08 Å². The Bertz CT molecular complexity index is 380. The number of aromatic nitrogens is 1. The Labute approximate surface area is 82.7 Å². The molecule has 0 aliphatic carbocycles. The van der Waals surface area contributed by atoms with Gasteiger partial charge in [0.1, 0.15) is 5.41 Å². The van der Waals surface area contributed by atoms with Crippen LogP contribution >= 0.6 is 0 Å². The fraction of sp³-hybridized carbons (Fsp3) is 0.364. The molecule has 0 amide bonds. The van der Waals surface area contributed by atoms with Gasteiger partial charge >= 0.3 is 5.97 Å². The quantitative estimate of drug-likeness (QED) is 0.740. The first kappa shape index (κ1) is 9.06. The molecule has 0 fully saturated rings. The van der Waals surface area contributed by atoms with Crippen molar-refractivity contribution in [3.8, 4) is 0 Å². The highest BCUT2D eigenvalue weighted by atomic mass is 16.4. The maximum atomic E-state index is 11.3. The lowest BCUT2D eigenvalue weighted by Crippen LogP contribution is -2.32. The number of carboxylic acids is 1. The van der Waals surface area contributed by atoms with Crippen molar-refractivity contribution in [3.05, 3.63) is 36.7 Å². The second kappa shape index (κ2) is 3.01. The maximum Gasteiger partial charge on any atom is 0.316 e.